The molecule has 1 amide bonds. The van der Waals surface area contributed by atoms with E-state index in [-0.39, 0.29) is 12.5 Å². The van der Waals surface area contributed by atoms with Gasteiger partial charge in [0.05, 0.1) is 12.6 Å². The van der Waals surface area contributed by atoms with Gasteiger partial charge in [0.25, 0.3) is 0 Å². The lowest BCUT2D eigenvalue weighted by atomic mass is 9.98. The first-order valence-electron chi connectivity index (χ1n) is 4.93. The normalized spacial score (nSPS) is 39.4. The van der Waals surface area contributed by atoms with Crippen molar-refractivity contribution >= 4 is 17.7 Å². The fraction of sp³-hybridized carbons (Fsp3) is 0.889. The Hall–Kier alpha value is -0.340. The molecule has 1 saturated heterocycles. The zero-order valence-corrected chi connectivity index (χ0v) is 9.98. The highest BCUT2D eigenvalue weighted by Gasteiger charge is 2.44. The van der Waals surface area contributed by atoms with Crippen molar-refractivity contribution in [1.29, 1.82) is 0 Å². The lowest BCUT2D eigenvalue weighted by Gasteiger charge is -2.41. The summed E-state index contributed by atoms with van der Waals surface area (Å²) in [6.07, 6.45) is -1.41. The summed E-state index contributed by atoms with van der Waals surface area (Å²) in [7, 11) is 0. The van der Waals surface area contributed by atoms with Gasteiger partial charge in [0.2, 0.25) is 5.91 Å². The zero-order chi connectivity index (χ0) is 12.3. The second-order valence-corrected chi connectivity index (χ2v) is 4.60. The Labute approximate surface area is 98.0 Å². The molecule has 0 saturated carbocycles. The Kier molecular flexibility index (Phi) is 5.00. The van der Waals surface area contributed by atoms with Crippen molar-refractivity contribution in [3.8, 4) is 0 Å². The van der Waals surface area contributed by atoms with E-state index in [1.165, 1.54) is 18.7 Å². The number of hydrogen-bond acceptors (Lipinski definition) is 6. The van der Waals surface area contributed by atoms with Gasteiger partial charge in [-0.05, 0) is 6.26 Å². The van der Waals surface area contributed by atoms with E-state index in [0.717, 1.165) is 0 Å². The van der Waals surface area contributed by atoms with Crippen molar-refractivity contribution in [2.24, 2.45) is 0 Å². The van der Waals surface area contributed by atoms with E-state index in [9.17, 15) is 15.0 Å². The lowest BCUT2D eigenvalue weighted by molar-refractivity contribution is -0.173. The molecule has 0 bridgehead atoms. The van der Waals surface area contributed by atoms with Gasteiger partial charge in [-0.15, -0.1) is 11.8 Å². The third-order valence-corrected chi connectivity index (χ3v) is 3.35. The molecule has 1 unspecified atom stereocenters. The molecule has 1 heterocycles. The monoisotopic (exact) mass is 251 g/mol. The van der Waals surface area contributed by atoms with Crippen LogP contribution in [-0.2, 0) is 9.53 Å². The van der Waals surface area contributed by atoms with E-state index in [1.54, 1.807) is 6.26 Å². The number of aliphatic hydroxyl groups excluding tert-OH is 3. The molecular formula is C9H17NO5S. The van der Waals surface area contributed by atoms with Crippen LogP contribution in [0, 0.1) is 0 Å². The Balaban J connectivity index is 2.77. The molecule has 7 heteroatoms. The number of hydrogen-bond donors (Lipinski definition) is 4. The van der Waals surface area contributed by atoms with E-state index in [1.807, 2.05) is 0 Å². The number of thioether (sulfide) groups is 1. The van der Waals surface area contributed by atoms with E-state index in [4.69, 9.17) is 9.84 Å². The standard InChI is InChI=1S/C9H17NO5S/c1-4(12)10-6-8(14)7(13)5(3-11)15-9(6)16-2/h5-9,11,13-14H,3H2,1-2H3,(H,10,12)/t5-,6?,7+,8-,9+/m1/s1. The van der Waals surface area contributed by atoms with E-state index >= 15 is 0 Å². The van der Waals surface area contributed by atoms with Crippen LogP contribution in [0.2, 0.25) is 0 Å². The maximum atomic E-state index is 11.0. The van der Waals surface area contributed by atoms with Gasteiger partial charge >= 0.3 is 0 Å². The molecule has 0 aromatic carbocycles. The number of carbonyl (C=O) groups excluding carboxylic acids is 1. The quantitative estimate of drug-likeness (QED) is 0.477. The van der Waals surface area contributed by atoms with Crippen LogP contribution in [0.3, 0.4) is 0 Å². The predicted molar refractivity (Wildman–Crippen MR) is 58.9 cm³/mol. The van der Waals surface area contributed by atoms with Crippen LogP contribution >= 0.6 is 11.8 Å². The van der Waals surface area contributed by atoms with Crippen LogP contribution in [0.25, 0.3) is 0 Å². The summed E-state index contributed by atoms with van der Waals surface area (Å²) in [4.78, 5) is 11.0. The first-order chi connectivity index (χ1) is 7.51. The minimum atomic E-state index is -1.20. The molecule has 0 aromatic rings. The Morgan fingerprint density at radius 3 is 2.50 bits per heavy atom. The van der Waals surface area contributed by atoms with Gasteiger partial charge < -0.3 is 25.4 Å². The van der Waals surface area contributed by atoms with Gasteiger partial charge in [0, 0.05) is 6.92 Å². The van der Waals surface area contributed by atoms with Gasteiger partial charge in [0.1, 0.15) is 23.7 Å². The number of nitrogens with one attached hydrogen (secondary N) is 1. The summed E-state index contributed by atoms with van der Waals surface area (Å²) in [6.45, 7) is 0.955. The van der Waals surface area contributed by atoms with Crippen molar-refractivity contribution in [1.82, 2.24) is 5.32 Å². The summed E-state index contributed by atoms with van der Waals surface area (Å²) in [5.74, 6) is -0.304. The minimum absolute atomic E-state index is 0.304. The summed E-state index contributed by atoms with van der Waals surface area (Å²) >= 11 is 1.30. The Morgan fingerprint density at radius 1 is 1.44 bits per heavy atom. The van der Waals surface area contributed by atoms with Crippen molar-refractivity contribution in [2.45, 2.75) is 36.7 Å². The van der Waals surface area contributed by atoms with Crippen LogP contribution in [0.5, 0.6) is 0 Å². The highest BCUT2D eigenvalue weighted by atomic mass is 32.2. The average molecular weight is 251 g/mol. The molecule has 5 atom stereocenters. The molecule has 94 valence electrons. The second kappa shape index (κ2) is 5.83. The molecule has 1 rings (SSSR count). The number of amides is 1. The Bertz CT molecular complexity index is 250. The first kappa shape index (κ1) is 13.7. The number of aliphatic hydroxyl groups is 3. The third kappa shape index (κ3) is 2.86. The molecule has 4 N–H and O–H groups in total. The molecule has 0 radical (unpaired) electrons. The Morgan fingerprint density at radius 2 is 2.06 bits per heavy atom. The first-order valence-corrected chi connectivity index (χ1v) is 6.22. The molecule has 1 aliphatic heterocycles. The van der Waals surface area contributed by atoms with Crippen molar-refractivity contribution in [2.75, 3.05) is 12.9 Å². The summed E-state index contributed by atoms with van der Waals surface area (Å²) in [5.41, 5.74) is -0.487. The van der Waals surface area contributed by atoms with Crippen LogP contribution in [0.1, 0.15) is 6.92 Å². The fourth-order valence-electron chi connectivity index (χ4n) is 1.67. The van der Waals surface area contributed by atoms with Crippen LogP contribution in [0.4, 0.5) is 0 Å². The van der Waals surface area contributed by atoms with E-state index in [2.05, 4.69) is 5.32 Å². The third-order valence-electron chi connectivity index (χ3n) is 2.48. The number of carbonyl (C=O) groups is 1. The molecule has 0 aliphatic carbocycles. The predicted octanol–water partition coefficient (Wildman–Crippen LogP) is -1.71. The number of rotatable bonds is 3. The molecule has 0 spiro atoms. The van der Waals surface area contributed by atoms with Crippen molar-refractivity contribution < 1.29 is 24.9 Å². The van der Waals surface area contributed by atoms with Crippen LogP contribution < -0.4 is 5.32 Å². The summed E-state index contributed by atoms with van der Waals surface area (Å²) in [5, 5.41) is 31.0. The summed E-state index contributed by atoms with van der Waals surface area (Å²) < 4.78 is 5.37. The molecule has 1 aliphatic rings. The second-order valence-electron chi connectivity index (χ2n) is 3.67. The molecule has 1 fully saturated rings. The van der Waals surface area contributed by atoms with Crippen molar-refractivity contribution in [3.63, 3.8) is 0 Å². The lowest BCUT2D eigenvalue weighted by Crippen LogP contribution is -2.63. The summed E-state index contributed by atoms with van der Waals surface area (Å²) in [6, 6.07) is -0.676. The smallest absolute Gasteiger partial charge is 0.217 e. The van der Waals surface area contributed by atoms with Crippen LogP contribution in [-0.4, -0.2) is 63.9 Å². The average Bonchev–Trinajstić information content (AvgIpc) is 2.25. The molecular weight excluding hydrogens is 234 g/mol. The SMILES string of the molecule is CS[C@@H]1O[C@H](CO)[C@H](O)[C@H](O)C1NC(C)=O. The van der Waals surface area contributed by atoms with E-state index < -0.39 is 29.8 Å². The molecule has 6 nitrogen and oxygen atoms in total. The maximum Gasteiger partial charge on any atom is 0.217 e. The topological polar surface area (TPSA) is 99.0 Å². The van der Waals surface area contributed by atoms with Gasteiger partial charge in [-0.25, -0.2) is 0 Å². The van der Waals surface area contributed by atoms with E-state index in [0.29, 0.717) is 0 Å². The van der Waals surface area contributed by atoms with Gasteiger partial charge in [-0.2, -0.15) is 0 Å². The highest BCUT2D eigenvalue weighted by Crippen LogP contribution is 2.26. The largest absolute Gasteiger partial charge is 0.394 e. The minimum Gasteiger partial charge on any atom is -0.394 e. The zero-order valence-electron chi connectivity index (χ0n) is 9.16. The van der Waals surface area contributed by atoms with Crippen LogP contribution in [0.15, 0.2) is 0 Å². The van der Waals surface area contributed by atoms with Crippen molar-refractivity contribution in [3.05, 3.63) is 0 Å². The van der Waals surface area contributed by atoms with Gasteiger partial charge in [-0.1, -0.05) is 0 Å². The maximum absolute atomic E-state index is 11.0. The highest BCUT2D eigenvalue weighted by molar-refractivity contribution is 7.99. The van der Waals surface area contributed by atoms with Gasteiger partial charge in [0.15, 0.2) is 0 Å². The number of ether oxygens (including phenoxy) is 1. The molecule has 16 heavy (non-hydrogen) atoms. The fourth-order valence-corrected chi connectivity index (χ4v) is 2.45. The van der Waals surface area contributed by atoms with Gasteiger partial charge in [-0.3, -0.25) is 4.79 Å². The molecule has 0 aromatic heterocycles.